The molecule has 0 spiro atoms. The van der Waals surface area contributed by atoms with Crippen molar-refractivity contribution in [3.05, 3.63) is 30.1 Å². The minimum Gasteiger partial charge on any atom is -0.297 e. The lowest BCUT2D eigenvalue weighted by Gasteiger charge is -2.33. The number of halogens is 1. The smallest absolute Gasteiger partial charge is 0.0543 e. The molecule has 0 bridgehead atoms. The Morgan fingerprint density at radius 2 is 2.06 bits per heavy atom. The maximum atomic E-state index is 4.41. The molecule has 0 N–H and O–H groups in total. The van der Waals surface area contributed by atoms with Gasteiger partial charge in [0.2, 0.25) is 0 Å². The fourth-order valence-electron chi connectivity index (χ4n) is 1.89. The first kappa shape index (κ1) is 15.6. The maximum Gasteiger partial charge on any atom is 0.0543 e. The molecule has 0 aliphatic carbocycles. The van der Waals surface area contributed by atoms with Gasteiger partial charge in [0.25, 0.3) is 0 Å². The zero-order valence-electron chi connectivity index (χ0n) is 12.0. The molecule has 0 saturated carbocycles. The Morgan fingerprint density at radius 1 is 1.33 bits per heavy atom. The Balaban J connectivity index is 2.62. The van der Waals surface area contributed by atoms with Crippen LogP contribution in [-0.4, -0.2) is 28.3 Å². The third kappa shape index (κ3) is 5.07. The molecule has 1 heterocycles. The van der Waals surface area contributed by atoms with Gasteiger partial charge in [0.15, 0.2) is 0 Å². The van der Waals surface area contributed by atoms with Gasteiger partial charge in [0, 0.05) is 24.6 Å². The SMILES string of the molecule is CCN(Cc1ccccn1)CC(CBr)C(C)(C)C. The lowest BCUT2D eigenvalue weighted by molar-refractivity contribution is 0.164. The first-order valence-corrected chi connectivity index (χ1v) is 7.77. The zero-order valence-corrected chi connectivity index (χ0v) is 13.6. The van der Waals surface area contributed by atoms with Crippen LogP contribution in [0.15, 0.2) is 24.4 Å². The van der Waals surface area contributed by atoms with Gasteiger partial charge in [-0.15, -0.1) is 0 Å². The molecule has 0 amide bonds. The maximum absolute atomic E-state index is 4.41. The van der Waals surface area contributed by atoms with E-state index in [9.17, 15) is 0 Å². The summed E-state index contributed by atoms with van der Waals surface area (Å²) >= 11 is 3.65. The van der Waals surface area contributed by atoms with E-state index in [-0.39, 0.29) is 0 Å². The molecular formula is C15H25BrN2. The van der Waals surface area contributed by atoms with Crippen LogP contribution in [0.2, 0.25) is 0 Å². The van der Waals surface area contributed by atoms with E-state index in [2.05, 4.69) is 65.6 Å². The fourth-order valence-corrected chi connectivity index (χ4v) is 3.07. The molecule has 1 atom stereocenters. The average molecular weight is 313 g/mol. The van der Waals surface area contributed by atoms with E-state index in [1.54, 1.807) is 0 Å². The third-order valence-electron chi connectivity index (χ3n) is 3.45. The highest BCUT2D eigenvalue weighted by atomic mass is 79.9. The fraction of sp³-hybridized carbons (Fsp3) is 0.667. The summed E-state index contributed by atoms with van der Waals surface area (Å²) in [7, 11) is 0. The number of hydrogen-bond donors (Lipinski definition) is 0. The van der Waals surface area contributed by atoms with Crippen LogP contribution < -0.4 is 0 Å². The second-order valence-electron chi connectivity index (χ2n) is 5.87. The molecular weight excluding hydrogens is 288 g/mol. The normalized spacial score (nSPS) is 13.9. The monoisotopic (exact) mass is 312 g/mol. The van der Waals surface area contributed by atoms with Crippen molar-refractivity contribution in [1.82, 2.24) is 9.88 Å². The third-order valence-corrected chi connectivity index (χ3v) is 4.23. The van der Waals surface area contributed by atoms with E-state index < -0.39 is 0 Å². The number of pyridine rings is 1. The van der Waals surface area contributed by atoms with E-state index >= 15 is 0 Å². The number of nitrogens with zero attached hydrogens (tertiary/aromatic N) is 2. The van der Waals surface area contributed by atoms with Gasteiger partial charge in [0.1, 0.15) is 0 Å². The minimum atomic E-state index is 0.334. The predicted molar refractivity (Wildman–Crippen MR) is 81.9 cm³/mol. The lowest BCUT2D eigenvalue weighted by atomic mass is 9.82. The molecule has 0 saturated heterocycles. The molecule has 1 aromatic heterocycles. The Bertz CT molecular complexity index is 332. The van der Waals surface area contributed by atoms with Gasteiger partial charge in [-0.3, -0.25) is 9.88 Å². The summed E-state index contributed by atoms with van der Waals surface area (Å²) in [5.41, 5.74) is 1.49. The molecule has 0 aromatic carbocycles. The molecule has 0 fully saturated rings. The standard InChI is InChI=1S/C15H25BrN2/c1-5-18(11-13(10-16)15(2,3)4)12-14-8-6-7-9-17-14/h6-9,13H,5,10-12H2,1-4H3. The molecule has 102 valence electrons. The van der Waals surface area contributed by atoms with Crippen LogP contribution >= 0.6 is 15.9 Å². The van der Waals surface area contributed by atoms with Crippen molar-refractivity contribution in [2.75, 3.05) is 18.4 Å². The highest BCUT2D eigenvalue weighted by Crippen LogP contribution is 2.28. The van der Waals surface area contributed by atoms with E-state index in [0.29, 0.717) is 11.3 Å². The Labute approximate surface area is 120 Å². The average Bonchev–Trinajstić information content (AvgIpc) is 2.34. The number of aromatic nitrogens is 1. The van der Waals surface area contributed by atoms with E-state index in [0.717, 1.165) is 30.7 Å². The summed E-state index contributed by atoms with van der Waals surface area (Å²) < 4.78 is 0. The van der Waals surface area contributed by atoms with E-state index in [1.807, 2.05) is 12.3 Å². The quantitative estimate of drug-likeness (QED) is 0.739. The number of alkyl halides is 1. The first-order valence-electron chi connectivity index (χ1n) is 6.65. The van der Waals surface area contributed by atoms with Gasteiger partial charge in [-0.05, 0) is 30.0 Å². The molecule has 1 unspecified atom stereocenters. The van der Waals surface area contributed by atoms with Gasteiger partial charge in [0.05, 0.1) is 5.69 Å². The molecule has 0 aliphatic heterocycles. The highest BCUT2D eigenvalue weighted by Gasteiger charge is 2.25. The minimum absolute atomic E-state index is 0.334. The second kappa shape index (κ2) is 7.25. The molecule has 2 nitrogen and oxygen atoms in total. The van der Waals surface area contributed by atoms with Crippen molar-refractivity contribution in [2.45, 2.75) is 34.2 Å². The molecule has 3 heteroatoms. The molecule has 18 heavy (non-hydrogen) atoms. The Hall–Kier alpha value is -0.410. The summed E-state index contributed by atoms with van der Waals surface area (Å²) in [6.07, 6.45) is 1.87. The summed E-state index contributed by atoms with van der Waals surface area (Å²) in [4.78, 5) is 6.88. The summed E-state index contributed by atoms with van der Waals surface area (Å²) in [5, 5.41) is 1.05. The van der Waals surface area contributed by atoms with Crippen LogP contribution in [0.5, 0.6) is 0 Å². The van der Waals surface area contributed by atoms with E-state index in [1.165, 1.54) is 0 Å². The van der Waals surface area contributed by atoms with Crippen LogP contribution in [0.3, 0.4) is 0 Å². The molecule has 1 aromatic rings. The lowest BCUT2D eigenvalue weighted by Crippen LogP contribution is -2.36. The van der Waals surface area contributed by atoms with Gasteiger partial charge >= 0.3 is 0 Å². The van der Waals surface area contributed by atoms with E-state index in [4.69, 9.17) is 0 Å². The first-order chi connectivity index (χ1) is 8.47. The predicted octanol–water partition coefficient (Wildman–Crippen LogP) is 3.96. The Morgan fingerprint density at radius 3 is 2.50 bits per heavy atom. The van der Waals surface area contributed by atoms with Crippen LogP contribution in [0.25, 0.3) is 0 Å². The van der Waals surface area contributed by atoms with Crippen molar-refractivity contribution >= 4 is 15.9 Å². The zero-order chi connectivity index (χ0) is 13.6. The van der Waals surface area contributed by atoms with Crippen molar-refractivity contribution in [3.8, 4) is 0 Å². The molecule has 0 radical (unpaired) electrons. The van der Waals surface area contributed by atoms with Gasteiger partial charge < -0.3 is 0 Å². The van der Waals surface area contributed by atoms with Crippen molar-refractivity contribution in [3.63, 3.8) is 0 Å². The summed E-state index contributed by atoms with van der Waals surface area (Å²) in [6, 6.07) is 6.13. The van der Waals surface area contributed by atoms with Crippen LogP contribution in [0.1, 0.15) is 33.4 Å². The van der Waals surface area contributed by atoms with Gasteiger partial charge in [-0.25, -0.2) is 0 Å². The topological polar surface area (TPSA) is 16.1 Å². The van der Waals surface area contributed by atoms with Crippen LogP contribution in [-0.2, 0) is 6.54 Å². The summed E-state index contributed by atoms with van der Waals surface area (Å²) in [5.74, 6) is 0.654. The highest BCUT2D eigenvalue weighted by molar-refractivity contribution is 9.09. The van der Waals surface area contributed by atoms with Crippen molar-refractivity contribution in [1.29, 1.82) is 0 Å². The molecule has 1 rings (SSSR count). The molecule has 0 aliphatic rings. The largest absolute Gasteiger partial charge is 0.297 e. The number of hydrogen-bond acceptors (Lipinski definition) is 2. The second-order valence-corrected chi connectivity index (χ2v) is 6.51. The number of rotatable bonds is 6. The van der Waals surface area contributed by atoms with Crippen molar-refractivity contribution < 1.29 is 0 Å². The van der Waals surface area contributed by atoms with Gasteiger partial charge in [-0.1, -0.05) is 49.7 Å². The van der Waals surface area contributed by atoms with Gasteiger partial charge in [-0.2, -0.15) is 0 Å². The summed E-state index contributed by atoms with van der Waals surface area (Å²) in [6.45, 7) is 12.3. The van der Waals surface area contributed by atoms with Crippen LogP contribution in [0, 0.1) is 11.3 Å². The van der Waals surface area contributed by atoms with Crippen LogP contribution in [0.4, 0.5) is 0 Å². The Kier molecular flexibility index (Phi) is 6.30. The van der Waals surface area contributed by atoms with Crippen molar-refractivity contribution in [2.24, 2.45) is 11.3 Å².